The highest BCUT2D eigenvalue weighted by Crippen LogP contribution is 2.25. The molecule has 1 amide bonds. The average molecular weight is 252 g/mol. The fourth-order valence-electron chi connectivity index (χ4n) is 1.62. The molecule has 1 rings (SSSR count). The predicted octanol–water partition coefficient (Wildman–Crippen LogP) is 1.45. The Balaban J connectivity index is 2.41. The lowest BCUT2D eigenvalue weighted by Crippen LogP contribution is -2.39. The van der Waals surface area contributed by atoms with Crippen LogP contribution in [0.1, 0.15) is 6.42 Å². The van der Waals surface area contributed by atoms with E-state index in [4.69, 9.17) is 16.3 Å². The molecule has 1 heterocycles. The molecule has 0 spiro atoms. The SMILES string of the molecule is COCCN(CCCl)C(=O)C1CCSC1. The molecule has 1 fully saturated rings. The van der Waals surface area contributed by atoms with E-state index in [-0.39, 0.29) is 11.8 Å². The Kier molecular flexibility index (Phi) is 6.45. The molecule has 0 aliphatic carbocycles. The Morgan fingerprint density at radius 3 is 2.93 bits per heavy atom. The molecule has 15 heavy (non-hydrogen) atoms. The molecule has 0 bridgehead atoms. The first-order valence-corrected chi connectivity index (χ1v) is 6.90. The lowest BCUT2D eigenvalue weighted by molar-refractivity contribution is -0.135. The van der Waals surface area contributed by atoms with Crippen molar-refractivity contribution in [2.24, 2.45) is 5.92 Å². The number of amides is 1. The fourth-order valence-corrected chi connectivity index (χ4v) is 3.04. The fraction of sp³-hybridized carbons (Fsp3) is 0.900. The summed E-state index contributed by atoms with van der Waals surface area (Å²) in [6.07, 6.45) is 1.01. The number of thioether (sulfide) groups is 1. The van der Waals surface area contributed by atoms with Crippen molar-refractivity contribution in [1.82, 2.24) is 4.90 Å². The minimum absolute atomic E-state index is 0.204. The summed E-state index contributed by atoms with van der Waals surface area (Å²) in [4.78, 5) is 13.9. The van der Waals surface area contributed by atoms with Crippen LogP contribution in [0.5, 0.6) is 0 Å². The smallest absolute Gasteiger partial charge is 0.226 e. The van der Waals surface area contributed by atoms with E-state index in [1.54, 1.807) is 7.11 Å². The van der Waals surface area contributed by atoms with Crippen molar-refractivity contribution < 1.29 is 9.53 Å². The van der Waals surface area contributed by atoms with Gasteiger partial charge in [0.2, 0.25) is 5.91 Å². The molecule has 0 aromatic heterocycles. The Labute approximate surface area is 100 Å². The van der Waals surface area contributed by atoms with Gasteiger partial charge in [0.05, 0.1) is 6.61 Å². The minimum atomic E-state index is 0.204. The number of methoxy groups -OCH3 is 1. The number of hydrogen-bond donors (Lipinski definition) is 0. The van der Waals surface area contributed by atoms with Crippen molar-refractivity contribution in [1.29, 1.82) is 0 Å². The first kappa shape index (κ1) is 13.1. The van der Waals surface area contributed by atoms with Gasteiger partial charge in [0.15, 0.2) is 0 Å². The third-order valence-corrected chi connectivity index (χ3v) is 3.84. The third kappa shape index (κ3) is 4.21. The van der Waals surface area contributed by atoms with Gasteiger partial charge in [-0.05, 0) is 12.2 Å². The topological polar surface area (TPSA) is 29.5 Å². The van der Waals surface area contributed by atoms with Crippen LogP contribution in [0.3, 0.4) is 0 Å². The summed E-state index contributed by atoms with van der Waals surface area (Å²) in [5.74, 6) is 3.02. The number of rotatable bonds is 6. The van der Waals surface area contributed by atoms with Gasteiger partial charge < -0.3 is 9.64 Å². The quantitative estimate of drug-likeness (QED) is 0.670. The third-order valence-electron chi connectivity index (χ3n) is 2.51. The van der Waals surface area contributed by atoms with Gasteiger partial charge in [-0.3, -0.25) is 4.79 Å². The van der Waals surface area contributed by atoms with E-state index < -0.39 is 0 Å². The van der Waals surface area contributed by atoms with Crippen LogP contribution in [0.2, 0.25) is 0 Å². The molecule has 1 unspecified atom stereocenters. The molecule has 0 aromatic rings. The molecule has 0 N–H and O–H groups in total. The highest BCUT2D eigenvalue weighted by molar-refractivity contribution is 7.99. The highest BCUT2D eigenvalue weighted by atomic mass is 35.5. The maximum atomic E-state index is 12.0. The molecular weight excluding hydrogens is 234 g/mol. The molecule has 88 valence electrons. The summed E-state index contributed by atoms with van der Waals surface area (Å²) in [7, 11) is 1.65. The van der Waals surface area contributed by atoms with E-state index in [2.05, 4.69) is 0 Å². The number of carbonyl (C=O) groups excluding carboxylic acids is 1. The summed E-state index contributed by atoms with van der Waals surface area (Å²) in [6, 6.07) is 0. The number of hydrogen-bond acceptors (Lipinski definition) is 3. The lowest BCUT2D eigenvalue weighted by Gasteiger charge is -2.24. The summed E-state index contributed by atoms with van der Waals surface area (Å²) in [6.45, 7) is 1.87. The van der Waals surface area contributed by atoms with Crippen LogP contribution >= 0.6 is 23.4 Å². The number of carbonyl (C=O) groups is 1. The van der Waals surface area contributed by atoms with Crippen molar-refractivity contribution in [2.45, 2.75) is 6.42 Å². The monoisotopic (exact) mass is 251 g/mol. The molecule has 0 radical (unpaired) electrons. The molecule has 0 aromatic carbocycles. The first-order chi connectivity index (χ1) is 7.29. The van der Waals surface area contributed by atoms with Gasteiger partial charge in [-0.1, -0.05) is 0 Å². The summed E-state index contributed by atoms with van der Waals surface area (Å²) in [5.41, 5.74) is 0. The molecular formula is C10H18ClNO2S. The van der Waals surface area contributed by atoms with Crippen LogP contribution in [0, 0.1) is 5.92 Å². The Morgan fingerprint density at radius 2 is 2.40 bits per heavy atom. The highest BCUT2D eigenvalue weighted by Gasteiger charge is 2.27. The first-order valence-electron chi connectivity index (χ1n) is 5.21. The van der Waals surface area contributed by atoms with Crippen molar-refractivity contribution in [3.63, 3.8) is 0 Å². The number of halogens is 1. The van der Waals surface area contributed by atoms with Crippen LogP contribution in [0.4, 0.5) is 0 Å². The van der Waals surface area contributed by atoms with Gasteiger partial charge in [-0.2, -0.15) is 11.8 Å². The standard InChI is InChI=1S/C10H18ClNO2S/c1-14-6-5-12(4-3-11)10(13)9-2-7-15-8-9/h9H,2-8H2,1H3. The van der Waals surface area contributed by atoms with Gasteiger partial charge in [-0.15, -0.1) is 11.6 Å². The lowest BCUT2D eigenvalue weighted by atomic mass is 10.1. The van der Waals surface area contributed by atoms with Gasteiger partial charge in [0.1, 0.15) is 0 Å². The van der Waals surface area contributed by atoms with Crippen molar-refractivity contribution in [2.75, 3.05) is 44.2 Å². The van der Waals surface area contributed by atoms with E-state index in [9.17, 15) is 4.79 Å². The molecule has 1 aliphatic heterocycles. The normalized spacial score (nSPS) is 20.5. The summed E-state index contributed by atoms with van der Waals surface area (Å²) in [5, 5.41) is 0. The average Bonchev–Trinajstić information content (AvgIpc) is 2.76. The van der Waals surface area contributed by atoms with Crippen molar-refractivity contribution >= 4 is 29.3 Å². The zero-order chi connectivity index (χ0) is 11.1. The van der Waals surface area contributed by atoms with Crippen molar-refractivity contribution in [3.8, 4) is 0 Å². The van der Waals surface area contributed by atoms with Crippen LogP contribution in [-0.2, 0) is 9.53 Å². The molecule has 1 atom stereocenters. The minimum Gasteiger partial charge on any atom is -0.383 e. The Hall–Kier alpha value is 0.0700. The van der Waals surface area contributed by atoms with E-state index in [1.165, 1.54) is 0 Å². The van der Waals surface area contributed by atoms with E-state index in [0.717, 1.165) is 17.9 Å². The molecule has 1 aliphatic rings. The second-order valence-electron chi connectivity index (χ2n) is 3.57. The summed E-state index contributed by atoms with van der Waals surface area (Å²) < 4.78 is 4.99. The van der Waals surface area contributed by atoms with Crippen molar-refractivity contribution in [3.05, 3.63) is 0 Å². The zero-order valence-corrected chi connectivity index (χ0v) is 10.6. The second kappa shape index (κ2) is 7.36. The molecule has 5 heteroatoms. The van der Waals surface area contributed by atoms with Gasteiger partial charge in [0.25, 0.3) is 0 Å². The van der Waals surface area contributed by atoms with E-state index >= 15 is 0 Å². The second-order valence-corrected chi connectivity index (χ2v) is 5.10. The summed E-state index contributed by atoms with van der Waals surface area (Å²) >= 11 is 7.54. The Morgan fingerprint density at radius 1 is 1.60 bits per heavy atom. The van der Waals surface area contributed by atoms with Gasteiger partial charge in [-0.25, -0.2) is 0 Å². The van der Waals surface area contributed by atoms with Crippen LogP contribution in [-0.4, -0.2) is 55.0 Å². The number of nitrogens with zero attached hydrogens (tertiary/aromatic N) is 1. The van der Waals surface area contributed by atoms with Gasteiger partial charge >= 0.3 is 0 Å². The maximum Gasteiger partial charge on any atom is 0.226 e. The molecule has 0 saturated carbocycles. The number of ether oxygens (including phenoxy) is 1. The molecule has 1 saturated heterocycles. The predicted molar refractivity (Wildman–Crippen MR) is 64.6 cm³/mol. The van der Waals surface area contributed by atoms with E-state index in [0.29, 0.717) is 25.6 Å². The van der Waals surface area contributed by atoms with E-state index in [1.807, 2.05) is 16.7 Å². The number of alkyl halides is 1. The van der Waals surface area contributed by atoms with Crippen LogP contribution < -0.4 is 0 Å². The zero-order valence-electron chi connectivity index (χ0n) is 9.08. The van der Waals surface area contributed by atoms with Crippen LogP contribution in [0.25, 0.3) is 0 Å². The van der Waals surface area contributed by atoms with Crippen LogP contribution in [0.15, 0.2) is 0 Å². The molecule has 3 nitrogen and oxygen atoms in total. The Bertz CT molecular complexity index is 198. The maximum absolute atomic E-state index is 12.0. The largest absolute Gasteiger partial charge is 0.383 e. The van der Waals surface area contributed by atoms with Gasteiger partial charge in [0, 0.05) is 37.8 Å².